The number of aliphatic imine (C=N–C) groups is 1. The third-order valence-electron chi connectivity index (χ3n) is 4.49. The van der Waals surface area contributed by atoms with E-state index in [1.54, 1.807) is 14.2 Å². The summed E-state index contributed by atoms with van der Waals surface area (Å²) >= 11 is 0. The van der Waals surface area contributed by atoms with Gasteiger partial charge in [-0.1, -0.05) is 35.5 Å². The fourth-order valence-corrected chi connectivity index (χ4v) is 3.01. The van der Waals surface area contributed by atoms with Crippen molar-refractivity contribution in [1.29, 1.82) is 0 Å². The number of guanidine groups is 1. The molecule has 2 aromatic carbocycles. The fourth-order valence-electron chi connectivity index (χ4n) is 3.01. The third kappa shape index (κ3) is 3.64. The molecule has 1 aromatic heterocycles. The molecular weight excluding hydrogens is 328 g/mol. The van der Waals surface area contributed by atoms with Crippen LogP contribution < -0.4 is 15.4 Å². The minimum atomic E-state index is 0.603. The van der Waals surface area contributed by atoms with Gasteiger partial charge in [0.15, 0.2) is 5.96 Å². The van der Waals surface area contributed by atoms with Crippen LogP contribution in [-0.2, 0) is 13.1 Å². The van der Waals surface area contributed by atoms with Crippen molar-refractivity contribution in [1.82, 2.24) is 15.8 Å². The molecule has 6 nitrogen and oxygen atoms in total. The average Bonchev–Trinajstić information content (AvgIpc) is 2.99. The molecule has 0 radical (unpaired) electrons. The van der Waals surface area contributed by atoms with Gasteiger partial charge < -0.3 is 19.9 Å². The number of benzene rings is 2. The van der Waals surface area contributed by atoms with Gasteiger partial charge in [-0.2, -0.15) is 0 Å². The smallest absolute Gasteiger partial charge is 0.191 e. The summed E-state index contributed by atoms with van der Waals surface area (Å²) < 4.78 is 10.8. The Labute approximate surface area is 153 Å². The quantitative estimate of drug-likeness (QED) is 0.544. The van der Waals surface area contributed by atoms with Gasteiger partial charge in [0.05, 0.1) is 12.8 Å². The van der Waals surface area contributed by atoms with Gasteiger partial charge in [-0.3, -0.25) is 4.99 Å². The molecule has 1 heterocycles. The van der Waals surface area contributed by atoms with Gasteiger partial charge in [-0.15, -0.1) is 0 Å². The second kappa shape index (κ2) is 7.91. The molecule has 0 aliphatic rings. The summed E-state index contributed by atoms with van der Waals surface area (Å²) in [6.45, 7) is 5.05. The van der Waals surface area contributed by atoms with Crippen molar-refractivity contribution in [3.8, 4) is 5.75 Å². The molecular formula is C20H24N4O2. The maximum absolute atomic E-state index is 5.55. The summed E-state index contributed by atoms with van der Waals surface area (Å²) in [6, 6.07) is 12.4. The maximum Gasteiger partial charge on any atom is 0.191 e. The molecule has 0 aliphatic heterocycles. The van der Waals surface area contributed by atoms with Crippen LogP contribution in [0.2, 0.25) is 0 Å². The molecule has 0 fully saturated rings. The van der Waals surface area contributed by atoms with Crippen LogP contribution in [0.25, 0.3) is 10.8 Å². The Hall–Kier alpha value is -3.02. The number of aromatic nitrogens is 1. The standard InChI is InChI=1S/C20H24N4O2/c1-13-17(14(2)26-24-13)11-22-20(21-3)23-12-18-16-8-6-5-7-15(16)9-10-19(18)25-4/h5-10H,11-12H2,1-4H3,(H2,21,22,23). The van der Waals surface area contributed by atoms with Gasteiger partial charge in [-0.05, 0) is 30.7 Å². The monoisotopic (exact) mass is 352 g/mol. The molecule has 26 heavy (non-hydrogen) atoms. The van der Waals surface area contributed by atoms with Gasteiger partial charge in [0.2, 0.25) is 0 Å². The van der Waals surface area contributed by atoms with E-state index in [1.165, 1.54) is 10.8 Å². The van der Waals surface area contributed by atoms with Crippen LogP contribution in [0, 0.1) is 13.8 Å². The van der Waals surface area contributed by atoms with E-state index in [0.29, 0.717) is 19.0 Å². The van der Waals surface area contributed by atoms with E-state index < -0.39 is 0 Å². The second-order valence-corrected chi connectivity index (χ2v) is 6.05. The molecule has 0 amide bonds. The number of fused-ring (bicyclic) bond motifs is 1. The molecule has 0 atom stereocenters. The van der Waals surface area contributed by atoms with Gasteiger partial charge >= 0.3 is 0 Å². The minimum absolute atomic E-state index is 0.603. The predicted octanol–water partition coefficient (Wildman–Crippen LogP) is 3.32. The summed E-state index contributed by atoms with van der Waals surface area (Å²) in [6.07, 6.45) is 0. The van der Waals surface area contributed by atoms with E-state index in [0.717, 1.165) is 28.3 Å². The highest BCUT2D eigenvalue weighted by atomic mass is 16.5. The number of rotatable bonds is 5. The van der Waals surface area contributed by atoms with E-state index >= 15 is 0 Å². The van der Waals surface area contributed by atoms with Crippen LogP contribution in [0.5, 0.6) is 5.75 Å². The van der Waals surface area contributed by atoms with Crippen LogP contribution in [0.15, 0.2) is 45.9 Å². The molecule has 0 bridgehead atoms. The molecule has 0 saturated heterocycles. The molecule has 3 aromatic rings. The Kier molecular flexibility index (Phi) is 5.41. The van der Waals surface area contributed by atoms with E-state index in [2.05, 4.69) is 39.0 Å². The number of hydrogen-bond acceptors (Lipinski definition) is 4. The topological polar surface area (TPSA) is 71.7 Å². The van der Waals surface area contributed by atoms with Crippen molar-refractivity contribution in [2.45, 2.75) is 26.9 Å². The summed E-state index contributed by atoms with van der Waals surface area (Å²) in [4.78, 5) is 4.30. The zero-order valence-electron chi connectivity index (χ0n) is 15.6. The number of nitrogens with zero attached hydrogens (tertiary/aromatic N) is 2. The zero-order chi connectivity index (χ0) is 18.5. The van der Waals surface area contributed by atoms with Gasteiger partial charge in [0.1, 0.15) is 11.5 Å². The van der Waals surface area contributed by atoms with Crippen LogP contribution in [-0.4, -0.2) is 25.3 Å². The number of ether oxygens (including phenoxy) is 1. The van der Waals surface area contributed by atoms with Gasteiger partial charge in [0, 0.05) is 31.3 Å². The molecule has 6 heteroatoms. The normalized spacial score (nSPS) is 11.6. The van der Waals surface area contributed by atoms with E-state index in [-0.39, 0.29) is 0 Å². The maximum atomic E-state index is 5.55. The van der Waals surface area contributed by atoms with Crippen LogP contribution in [0.4, 0.5) is 0 Å². The largest absolute Gasteiger partial charge is 0.496 e. The summed E-state index contributed by atoms with van der Waals surface area (Å²) in [5.41, 5.74) is 3.04. The molecule has 136 valence electrons. The highest BCUT2D eigenvalue weighted by Crippen LogP contribution is 2.27. The number of aryl methyl sites for hydroxylation is 2. The summed E-state index contributed by atoms with van der Waals surface area (Å²) in [5, 5.41) is 13.0. The van der Waals surface area contributed by atoms with E-state index in [4.69, 9.17) is 9.26 Å². The number of methoxy groups -OCH3 is 1. The predicted molar refractivity (Wildman–Crippen MR) is 104 cm³/mol. The SMILES string of the molecule is CN=C(NCc1c(C)noc1C)NCc1c(OC)ccc2ccccc12. The molecule has 0 aliphatic carbocycles. The Balaban J connectivity index is 1.74. The number of nitrogens with one attached hydrogen (secondary N) is 2. The van der Waals surface area contributed by atoms with Crippen molar-refractivity contribution in [3.63, 3.8) is 0 Å². The van der Waals surface area contributed by atoms with Crippen LogP contribution >= 0.6 is 0 Å². The van der Waals surface area contributed by atoms with Crippen molar-refractivity contribution in [2.24, 2.45) is 4.99 Å². The highest BCUT2D eigenvalue weighted by Gasteiger charge is 2.11. The first kappa shape index (κ1) is 17.8. The van der Waals surface area contributed by atoms with Crippen molar-refractivity contribution in [2.75, 3.05) is 14.2 Å². The van der Waals surface area contributed by atoms with Crippen molar-refractivity contribution in [3.05, 3.63) is 59.0 Å². The Morgan fingerprint density at radius 1 is 1.08 bits per heavy atom. The lowest BCUT2D eigenvalue weighted by atomic mass is 10.0. The Bertz CT molecular complexity index is 911. The average molecular weight is 352 g/mol. The Morgan fingerprint density at radius 3 is 2.46 bits per heavy atom. The lowest BCUT2D eigenvalue weighted by Gasteiger charge is -2.15. The first-order chi connectivity index (χ1) is 12.6. The van der Waals surface area contributed by atoms with Crippen LogP contribution in [0.3, 0.4) is 0 Å². The number of hydrogen-bond donors (Lipinski definition) is 2. The van der Waals surface area contributed by atoms with E-state index in [1.807, 2.05) is 32.0 Å². The molecule has 0 spiro atoms. The van der Waals surface area contributed by atoms with Gasteiger partial charge in [-0.25, -0.2) is 0 Å². The first-order valence-electron chi connectivity index (χ1n) is 8.55. The fraction of sp³-hybridized carbons (Fsp3) is 0.300. The minimum Gasteiger partial charge on any atom is -0.496 e. The third-order valence-corrected chi connectivity index (χ3v) is 4.49. The molecule has 0 saturated carbocycles. The highest BCUT2D eigenvalue weighted by molar-refractivity contribution is 5.88. The lowest BCUT2D eigenvalue weighted by molar-refractivity contribution is 0.392. The van der Waals surface area contributed by atoms with E-state index in [9.17, 15) is 0 Å². The summed E-state index contributed by atoms with van der Waals surface area (Å²) in [5.74, 6) is 2.39. The molecule has 3 rings (SSSR count). The molecule has 0 unspecified atom stereocenters. The first-order valence-corrected chi connectivity index (χ1v) is 8.55. The second-order valence-electron chi connectivity index (χ2n) is 6.05. The zero-order valence-corrected chi connectivity index (χ0v) is 15.6. The van der Waals surface area contributed by atoms with Crippen LogP contribution in [0.1, 0.15) is 22.6 Å². The van der Waals surface area contributed by atoms with Gasteiger partial charge in [0.25, 0.3) is 0 Å². The molecule has 2 N–H and O–H groups in total. The Morgan fingerprint density at radius 2 is 1.81 bits per heavy atom. The lowest BCUT2D eigenvalue weighted by Crippen LogP contribution is -2.36. The summed E-state index contributed by atoms with van der Waals surface area (Å²) in [7, 11) is 3.45. The van der Waals surface area contributed by atoms with Crippen molar-refractivity contribution >= 4 is 16.7 Å². The van der Waals surface area contributed by atoms with Crippen molar-refractivity contribution < 1.29 is 9.26 Å².